The second-order valence-electron chi connectivity index (χ2n) is 5.38. The zero-order chi connectivity index (χ0) is 16.7. The number of benzene rings is 1. The highest BCUT2D eigenvalue weighted by molar-refractivity contribution is 5.73. The highest BCUT2D eigenvalue weighted by atomic mass is 19.3. The average Bonchev–Trinajstić information content (AvgIpc) is 3.02. The Balaban J connectivity index is 2.04. The normalized spacial score (nSPS) is 22.8. The average molecular weight is 316 g/mol. The third-order valence-corrected chi connectivity index (χ3v) is 3.87. The lowest BCUT2D eigenvalue weighted by Crippen LogP contribution is -2.50. The summed E-state index contributed by atoms with van der Waals surface area (Å²) in [5, 5.41) is 4.14. The van der Waals surface area contributed by atoms with Crippen LogP contribution in [0.4, 0.5) is 8.78 Å². The molecule has 0 radical (unpaired) electrons. The molecule has 0 fully saturated rings. The predicted molar refractivity (Wildman–Crippen MR) is 81.4 cm³/mol. The van der Waals surface area contributed by atoms with E-state index >= 15 is 0 Å². The summed E-state index contributed by atoms with van der Waals surface area (Å²) in [6, 6.07) is 6.79. The van der Waals surface area contributed by atoms with Crippen LogP contribution < -0.4 is 5.73 Å². The molecular formula is C16H14F2N4O. The van der Waals surface area contributed by atoms with E-state index in [1.807, 2.05) is 0 Å². The number of alkyl halides is 2. The molecule has 1 aromatic heterocycles. The Morgan fingerprint density at radius 2 is 2.22 bits per heavy atom. The molecule has 0 saturated heterocycles. The highest BCUT2D eigenvalue weighted by Crippen LogP contribution is 2.43. The summed E-state index contributed by atoms with van der Waals surface area (Å²) in [5.41, 5.74) is 5.21. The summed E-state index contributed by atoms with van der Waals surface area (Å²) >= 11 is 0. The number of terminal acetylenes is 1. The zero-order valence-electron chi connectivity index (χ0n) is 12.3. The van der Waals surface area contributed by atoms with Crippen molar-refractivity contribution >= 4 is 6.02 Å². The molecule has 1 aliphatic rings. The van der Waals surface area contributed by atoms with Crippen LogP contribution in [-0.2, 0) is 10.3 Å². The van der Waals surface area contributed by atoms with Crippen molar-refractivity contribution in [2.75, 3.05) is 6.61 Å². The van der Waals surface area contributed by atoms with Gasteiger partial charge in [-0.1, -0.05) is 12.0 Å². The number of hydrogen-bond acceptors (Lipinski definition) is 4. The number of ether oxygens (including phenoxy) is 1. The standard InChI is InChI=1S/C16H14F2N4O/c1-3-11-5-4-6-13(7-11)22-9-12(8-20-22)15(2)16(17,18)10-23-14(19)21-15/h1,4-9H,10H2,2H3,(H2,19,21)/t15-/m0/s1. The van der Waals surface area contributed by atoms with Crippen molar-refractivity contribution < 1.29 is 13.5 Å². The number of nitrogens with two attached hydrogens (primary N) is 1. The first-order chi connectivity index (χ1) is 10.9. The van der Waals surface area contributed by atoms with E-state index in [-0.39, 0.29) is 11.6 Å². The van der Waals surface area contributed by atoms with Crippen LogP contribution in [0.25, 0.3) is 5.69 Å². The van der Waals surface area contributed by atoms with Crippen LogP contribution in [0.5, 0.6) is 0 Å². The Bertz CT molecular complexity index is 821. The lowest BCUT2D eigenvalue weighted by atomic mass is 9.88. The molecule has 0 unspecified atom stereocenters. The Kier molecular flexibility index (Phi) is 3.33. The fraction of sp³-hybridized carbons (Fsp3) is 0.250. The number of nitrogens with zero attached hydrogens (tertiary/aromatic N) is 3. The van der Waals surface area contributed by atoms with Gasteiger partial charge in [-0.05, 0) is 25.1 Å². The number of halogens is 2. The summed E-state index contributed by atoms with van der Waals surface area (Å²) in [4.78, 5) is 3.81. The van der Waals surface area contributed by atoms with Crippen molar-refractivity contribution in [1.29, 1.82) is 0 Å². The molecule has 1 atom stereocenters. The van der Waals surface area contributed by atoms with Gasteiger partial charge in [0.2, 0.25) is 0 Å². The van der Waals surface area contributed by atoms with E-state index in [1.165, 1.54) is 24.0 Å². The molecule has 1 aromatic carbocycles. The summed E-state index contributed by atoms with van der Waals surface area (Å²) in [7, 11) is 0. The van der Waals surface area contributed by atoms with Gasteiger partial charge in [0.15, 0.2) is 12.1 Å². The first kappa shape index (κ1) is 15.0. The van der Waals surface area contributed by atoms with E-state index in [1.54, 1.807) is 24.3 Å². The monoisotopic (exact) mass is 316 g/mol. The Labute approximate surface area is 131 Å². The molecule has 2 N–H and O–H groups in total. The summed E-state index contributed by atoms with van der Waals surface area (Å²) in [6.45, 7) is 0.484. The first-order valence-electron chi connectivity index (χ1n) is 6.84. The Morgan fingerprint density at radius 1 is 1.43 bits per heavy atom. The maximum atomic E-state index is 14.3. The van der Waals surface area contributed by atoms with Crippen LogP contribution in [0.15, 0.2) is 41.7 Å². The lowest BCUT2D eigenvalue weighted by Gasteiger charge is -2.36. The lowest BCUT2D eigenvalue weighted by molar-refractivity contribution is -0.116. The van der Waals surface area contributed by atoms with Crippen LogP contribution in [0, 0.1) is 12.3 Å². The maximum Gasteiger partial charge on any atom is 0.310 e. The summed E-state index contributed by atoms with van der Waals surface area (Å²) < 4.78 is 34.7. The topological polar surface area (TPSA) is 65.4 Å². The third-order valence-electron chi connectivity index (χ3n) is 3.87. The van der Waals surface area contributed by atoms with Crippen molar-refractivity contribution in [1.82, 2.24) is 9.78 Å². The maximum absolute atomic E-state index is 14.3. The van der Waals surface area contributed by atoms with Gasteiger partial charge in [0, 0.05) is 17.3 Å². The van der Waals surface area contributed by atoms with Crippen molar-refractivity contribution in [3.63, 3.8) is 0 Å². The second-order valence-corrected chi connectivity index (χ2v) is 5.38. The number of hydrogen-bond donors (Lipinski definition) is 1. The molecule has 118 valence electrons. The molecule has 7 heteroatoms. The van der Waals surface area contributed by atoms with Crippen LogP contribution >= 0.6 is 0 Å². The summed E-state index contributed by atoms with van der Waals surface area (Å²) in [6.07, 6.45) is 8.20. The van der Waals surface area contributed by atoms with E-state index in [0.29, 0.717) is 11.3 Å². The second kappa shape index (κ2) is 5.09. The molecule has 0 bridgehead atoms. The molecule has 1 aliphatic heterocycles. The SMILES string of the molecule is C#Cc1cccc(-n2cc([C@]3(C)N=C(N)OCC3(F)F)cn2)c1. The molecule has 0 spiro atoms. The molecule has 3 rings (SSSR count). The minimum absolute atomic E-state index is 0.236. The molecule has 5 nitrogen and oxygen atoms in total. The predicted octanol–water partition coefficient (Wildman–Crippen LogP) is 2.05. The quantitative estimate of drug-likeness (QED) is 0.862. The van der Waals surface area contributed by atoms with E-state index in [2.05, 4.69) is 20.7 Å². The number of aliphatic imine (C=N–C) groups is 1. The molecular weight excluding hydrogens is 302 g/mol. The van der Waals surface area contributed by atoms with Gasteiger partial charge in [-0.3, -0.25) is 0 Å². The fourth-order valence-corrected chi connectivity index (χ4v) is 2.37. The Morgan fingerprint density at radius 3 is 2.96 bits per heavy atom. The zero-order valence-corrected chi connectivity index (χ0v) is 12.3. The van der Waals surface area contributed by atoms with Gasteiger partial charge < -0.3 is 10.5 Å². The Hall–Kier alpha value is -2.88. The van der Waals surface area contributed by atoms with Crippen LogP contribution in [0.1, 0.15) is 18.1 Å². The first-order valence-corrected chi connectivity index (χ1v) is 6.84. The molecule has 0 aliphatic carbocycles. The van der Waals surface area contributed by atoms with Crippen LogP contribution in [0.3, 0.4) is 0 Å². The minimum atomic E-state index is -3.20. The van der Waals surface area contributed by atoms with Gasteiger partial charge in [-0.15, -0.1) is 6.42 Å². The van der Waals surface area contributed by atoms with E-state index < -0.39 is 18.1 Å². The largest absolute Gasteiger partial charge is 0.459 e. The highest BCUT2D eigenvalue weighted by Gasteiger charge is 2.55. The van der Waals surface area contributed by atoms with Gasteiger partial charge in [-0.25, -0.2) is 9.67 Å². The number of aromatic nitrogens is 2. The van der Waals surface area contributed by atoms with E-state index in [9.17, 15) is 8.78 Å². The van der Waals surface area contributed by atoms with Gasteiger partial charge in [0.05, 0.1) is 11.9 Å². The smallest absolute Gasteiger partial charge is 0.310 e. The van der Waals surface area contributed by atoms with Crippen LogP contribution in [0.2, 0.25) is 0 Å². The molecule has 2 heterocycles. The van der Waals surface area contributed by atoms with Gasteiger partial charge in [-0.2, -0.15) is 13.9 Å². The molecule has 23 heavy (non-hydrogen) atoms. The number of rotatable bonds is 2. The van der Waals surface area contributed by atoms with Gasteiger partial charge >= 0.3 is 5.92 Å². The third kappa shape index (κ3) is 2.42. The van der Waals surface area contributed by atoms with Crippen molar-refractivity contribution in [3.8, 4) is 18.0 Å². The minimum Gasteiger partial charge on any atom is -0.459 e. The number of amidine groups is 1. The summed E-state index contributed by atoms with van der Waals surface area (Å²) in [5.74, 6) is -0.686. The molecule has 0 saturated carbocycles. The van der Waals surface area contributed by atoms with E-state index in [0.717, 1.165) is 0 Å². The van der Waals surface area contributed by atoms with Crippen LogP contribution in [-0.4, -0.2) is 28.3 Å². The van der Waals surface area contributed by atoms with Gasteiger partial charge in [0.1, 0.15) is 0 Å². The molecule has 2 aromatic rings. The van der Waals surface area contributed by atoms with E-state index in [4.69, 9.17) is 12.2 Å². The fourth-order valence-electron chi connectivity index (χ4n) is 2.37. The van der Waals surface area contributed by atoms with Gasteiger partial charge in [0.25, 0.3) is 6.02 Å². The van der Waals surface area contributed by atoms with Crippen molar-refractivity contribution in [3.05, 3.63) is 47.8 Å². The molecule has 0 amide bonds. The van der Waals surface area contributed by atoms with Crippen molar-refractivity contribution in [2.45, 2.75) is 18.4 Å². The van der Waals surface area contributed by atoms with Crippen molar-refractivity contribution in [2.24, 2.45) is 10.7 Å².